The summed E-state index contributed by atoms with van der Waals surface area (Å²) in [6.45, 7) is 5.20. The lowest BCUT2D eigenvalue weighted by Gasteiger charge is -2.14. The lowest BCUT2D eigenvalue weighted by Crippen LogP contribution is -2.41. The molecule has 8 heteroatoms. The molecule has 27 heavy (non-hydrogen) atoms. The van der Waals surface area contributed by atoms with Gasteiger partial charge in [-0.2, -0.15) is 5.10 Å². The van der Waals surface area contributed by atoms with Gasteiger partial charge in [0.2, 0.25) is 5.91 Å². The zero-order chi connectivity index (χ0) is 19.6. The Hall–Kier alpha value is -3.42. The standard InChI is InChI=1S/C19H19FN4O3/c1-11-8-12(2)24(23-11)17-5-4-15(9-16(17)20)22-18(25)13(3)21-19(26)14-6-7-27-10-14/h4-10,13H,1-3H3,(H,21,26)(H,22,25). The van der Waals surface area contributed by atoms with Gasteiger partial charge >= 0.3 is 0 Å². The lowest BCUT2D eigenvalue weighted by atomic mass is 10.2. The number of hydrogen-bond donors (Lipinski definition) is 2. The van der Waals surface area contributed by atoms with Gasteiger partial charge in [-0.25, -0.2) is 9.07 Å². The lowest BCUT2D eigenvalue weighted by molar-refractivity contribution is -0.117. The van der Waals surface area contributed by atoms with E-state index in [1.807, 2.05) is 19.9 Å². The van der Waals surface area contributed by atoms with Crippen LogP contribution in [-0.4, -0.2) is 27.6 Å². The van der Waals surface area contributed by atoms with Crippen LogP contribution in [0.1, 0.15) is 28.7 Å². The van der Waals surface area contributed by atoms with E-state index in [0.717, 1.165) is 11.4 Å². The molecule has 2 heterocycles. The predicted octanol–water partition coefficient (Wildman–Crippen LogP) is 2.98. The molecule has 0 aliphatic heterocycles. The summed E-state index contributed by atoms with van der Waals surface area (Å²) in [5.41, 5.74) is 2.48. The van der Waals surface area contributed by atoms with Crippen LogP contribution in [0.4, 0.5) is 10.1 Å². The number of anilines is 1. The van der Waals surface area contributed by atoms with Crippen molar-refractivity contribution in [2.45, 2.75) is 26.8 Å². The van der Waals surface area contributed by atoms with Crippen LogP contribution in [0.5, 0.6) is 0 Å². The number of nitrogens with zero attached hydrogens (tertiary/aromatic N) is 2. The van der Waals surface area contributed by atoms with Gasteiger partial charge in [0.15, 0.2) is 5.82 Å². The van der Waals surface area contributed by atoms with Gasteiger partial charge in [-0.15, -0.1) is 0 Å². The van der Waals surface area contributed by atoms with E-state index in [4.69, 9.17) is 4.42 Å². The molecule has 0 bridgehead atoms. The van der Waals surface area contributed by atoms with E-state index in [2.05, 4.69) is 15.7 Å². The number of aromatic nitrogens is 2. The fourth-order valence-corrected chi connectivity index (χ4v) is 2.62. The summed E-state index contributed by atoms with van der Waals surface area (Å²) in [7, 11) is 0. The first-order valence-electron chi connectivity index (χ1n) is 8.32. The third-order valence-electron chi connectivity index (χ3n) is 3.98. The minimum absolute atomic E-state index is 0.284. The van der Waals surface area contributed by atoms with Crippen LogP contribution in [0.2, 0.25) is 0 Å². The molecule has 0 radical (unpaired) electrons. The van der Waals surface area contributed by atoms with E-state index >= 15 is 0 Å². The summed E-state index contributed by atoms with van der Waals surface area (Å²) in [6.07, 6.45) is 2.65. The molecule has 0 spiro atoms. The maximum absolute atomic E-state index is 14.5. The summed E-state index contributed by atoms with van der Waals surface area (Å²) >= 11 is 0. The minimum Gasteiger partial charge on any atom is -0.472 e. The van der Waals surface area contributed by atoms with Crippen LogP contribution in [-0.2, 0) is 4.79 Å². The molecular formula is C19H19FN4O3. The van der Waals surface area contributed by atoms with Crippen molar-refractivity contribution in [1.82, 2.24) is 15.1 Å². The number of amides is 2. The monoisotopic (exact) mass is 370 g/mol. The molecule has 1 atom stereocenters. The van der Waals surface area contributed by atoms with Gasteiger partial charge in [0, 0.05) is 11.4 Å². The summed E-state index contributed by atoms with van der Waals surface area (Å²) < 4.78 is 20.8. The van der Waals surface area contributed by atoms with Crippen LogP contribution >= 0.6 is 0 Å². The van der Waals surface area contributed by atoms with Crippen molar-refractivity contribution in [3.8, 4) is 5.69 Å². The molecule has 0 saturated carbocycles. The molecule has 3 rings (SSSR count). The highest BCUT2D eigenvalue weighted by Crippen LogP contribution is 2.20. The van der Waals surface area contributed by atoms with Gasteiger partial charge in [-0.05, 0) is 51.1 Å². The third-order valence-corrected chi connectivity index (χ3v) is 3.98. The van der Waals surface area contributed by atoms with Gasteiger partial charge in [0.05, 0.1) is 17.5 Å². The number of carbonyl (C=O) groups is 2. The summed E-state index contributed by atoms with van der Waals surface area (Å²) in [4.78, 5) is 24.2. The zero-order valence-corrected chi connectivity index (χ0v) is 15.1. The summed E-state index contributed by atoms with van der Waals surface area (Å²) in [5.74, 6) is -1.42. The average Bonchev–Trinajstić information content (AvgIpc) is 3.25. The molecule has 0 aliphatic rings. The Morgan fingerprint density at radius 2 is 2.00 bits per heavy atom. The molecule has 140 valence electrons. The largest absolute Gasteiger partial charge is 0.472 e. The van der Waals surface area contributed by atoms with E-state index in [0.29, 0.717) is 11.3 Å². The number of benzene rings is 1. The van der Waals surface area contributed by atoms with E-state index < -0.39 is 23.7 Å². The second-order valence-corrected chi connectivity index (χ2v) is 6.20. The van der Waals surface area contributed by atoms with E-state index in [9.17, 15) is 14.0 Å². The Kier molecular flexibility index (Phi) is 5.07. The molecule has 1 aromatic carbocycles. The maximum Gasteiger partial charge on any atom is 0.255 e. The first-order valence-corrected chi connectivity index (χ1v) is 8.32. The predicted molar refractivity (Wildman–Crippen MR) is 97.3 cm³/mol. The van der Waals surface area contributed by atoms with Gasteiger partial charge in [0.1, 0.15) is 18.0 Å². The van der Waals surface area contributed by atoms with Gasteiger partial charge in [-0.1, -0.05) is 0 Å². The zero-order valence-electron chi connectivity index (χ0n) is 15.1. The van der Waals surface area contributed by atoms with Gasteiger partial charge in [-0.3, -0.25) is 9.59 Å². The molecule has 2 amide bonds. The molecule has 3 aromatic rings. The molecule has 0 fully saturated rings. The summed E-state index contributed by atoms with van der Waals surface area (Å²) in [6, 6.07) is 6.86. The highest BCUT2D eigenvalue weighted by Gasteiger charge is 2.18. The first kappa shape index (κ1) is 18.4. The normalized spacial score (nSPS) is 11.9. The van der Waals surface area contributed by atoms with Crippen LogP contribution in [0.15, 0.2) is 47.3 Å². The number of nitrogens with one attached hydrogen (secondary N) is 2. The van der Waals surface area contributed by atoms with Crippen molar-refractivity contribution in [2.24, 2.45) is 0 Å². The van der Waals surface area contributed by atoms with E-state index in [1.165, 1.54) is 36.3 Å². The minimum atomic E-state index is -0.814. The number of carbonyl (C=O) groups excluding carboxylic acids is 2. The molecule has 2 aromatic heterocycles. The summed E-state index contributed by atoms with van der Waals surface area (Å²) in [5, 5.41) is 9.38. The smallest absolute Gasteiger partial charge is 0.255 e. The molecular weight excluding hydrogens is 351 g/mol. The van der Waals surface area contributed by atoms with Crippen molar-refractivity contribution in [1.29, 1.82) is 0 Å². The van der Waals surface area contributed by atoms with Gasteiger partial charge < -0.3 is 15.1 Å². The van der Waals surface area contributed by atoms with Crippen molar-refractivity contribution < 1.29 is 18.4 Å². The Morgan fingerprint density at radius 3 is 2.59 bits per heavy atom. The second kappa shape index (κ2) is 7.45. The fraction of sp³-hybridized carbons (Fsp3) is 0.211. The molecule has 0 aliphatic carbocycles. The number of aryl methyl sites for hydroxylation is 2. The second-order valence-electron chi connectivity index (χ2n) is 6.20. The quantitative estimate of drug-likeness (QED) is 0.723. The average molecular weight is 370 g/mol. The Morgan fingerprint density at radius 1 is 1.22 bits per heavy atom. The Labute approximate surface area is 155 Å². The fourth-order valence-electron chi connectivity index (χ4n) is 2.62. The molecule has 0 saturated heterocycles. The SMILES string of the molecule is Cc1cc(C)n(-c2ccc(NC(=O)C(C)NC(=O)c3ccoc3)cc2F)n1. The Bertz CT molecular complexity index is 979. The molecule has 1 unspecified atom stereocenters. The van der Waals surface area contributed by atoms with Crippen LogP contribution < -0.4 is 10.6 Å². The van der Waals surface area contributed by atoms with Crippen molar-refractivity contribution in [3.05, 3.63) is 65.6 Å². The topological polar surface area (TPSA) is 89.2 Å². The number of hydrogen-bond acceptors (Lipinski definition) is 4. The van der Waals surface area contributed by atoms with Crippen molar-refractivity contribution in [3.63, 3.8) is 0 Å². The third kappa shape index (κ3) is 4.05. The number of furan rings is 1. The number of halogens is 1. The maximum atomic E-state index is 14.5. The molecule has 2 N–H and O–H groups in total. The van der Waals surface area contributed by atoms with Crippen molar-refractivity contribution in [2.75, 3.05) is 5.32 Å². The first-order chi connectivity index (χ1) is 12.8. The van der Waals surface area contributed by atoms with Crippen LogP contribution in [0, 0.1) is 19.7 Å². The Balaban J connectivity index is 1.68. The van der Waals surface area contributed by atoms with E-state index in [1.54, 1.807) is 12.1 Å². The van der Waals surface area contributed by atoms with Gasteiger partial charge in [0.25, 0.3) is 5.91 Å². The van der Waals surface area contributed by atoms with Crippen molar-refractivity contribution >= 4 is 17.5 Å². The number of rotatable bonds is 5. The highest BCUT2D eigenvalue weighted by atomic mass is 19.1. The van der Waals surface area contributed by atoms with Crippen LogP contribution in [0.25, 0.3) is 5.69 Å². The molecule has 7 nitrogen and oxygen atoms in total. The van der Waals surface area contributed by atoms with E-state index in [-0.39, 0.29) is 5.69 Å². The highest BCUT2D eigenvalue weighted by molar-refractivity contribution is 6.00. The van der Waals surface area contributed by atoms with Crippen LogP contribution in [0.3, 0.4) is 0 Å².